The van der Waals surface area contributed by atoms with Crippen molar-refractivity contribution >= 4 is 23.7 Å². The van der Waals surface area contributed by atoms with Gasteiger partial charge < -0.3 is 14.7 Å². The van der Waals surface area contributed by atoms with Crippen molar-refractivity contribution in [1.29, 1.82) is 0 Å². The van der Waals surface area contributed by atoms with Gasteiger partial charge >= 0.3 is 12.1 Å². The van der Waals surface area contributed by atoms with Crippen molar-refractivity contribution in [2.75, 3.05) is 13.1 Å². The zero-order chi connectivity index (χ0) is 22.0. The lowest BCUT2D eigenvalue weighted by Crippen LogP contribution is -2.46. The van der Waals surface area contributed by atoms with Gasteiger partial charge in [0, 0.05) is 18.1 Å². The predicted octanol–water partition coefficient (Wildman–Crippen LogP) is 5.59. The van der Waals surface area contributed by atoms with Gasteiger partial charge in [-0.25, -0.2) is 4.79 Å². The molecule has 1 fully saturated rings. The van der Waals surface area contributed by atoms with E-state index in [4.69, 9.17) is 21.4 Å². The quantitative estimate of drug-likeness (QED) is 0.639. The smallest absolute Gasteiger partial charge is 0.410 e. The molecule has 0 aromatic heterocycles. The van der Waals surface area contributed by atoms with Gasteiger partial charge in [0.05, 0.1) is 5.92 Å². The molecule has 0 bridgehead atoms. The number of rotatable bonds is 1. The number of amides is 1. The number of piperidine rings is 1. The van der Waals surface area contributed by atoms with Crippen molar-refractivity contribution in [1.82, 2.24) is 4.90 Å². The molecule has 6 heteroatoms. The van der Waals surface area contributed by atoms with Gasteiger partial charge in [0.15, 0.2) is 0 Å². The summed E-state index contributed by atoms with van der Waals surface area (Å²) in [5.41, 5.74) is 3.78. The lowest BCUT2D eigenvalue weighted by molar-refractivity contribution is -0.140. The van der Waals surface area contributed by atoms with Crippen LogP contribution in [-0.4, -0.2) is 40.8 Å². The number of nitrogens with zero attached hydrogens (tertiary/aromatic N) is 1. The van der Waals surface area contributed by atoms with Crippen molar-refractivity contribution in [3.05, 3.63) is 33.8 Å². The molecule has 3 rings (SSSR count). The van der Waals surface area contributed by atoms with Crippen molar-refractivity contribution in [2.24, 2.45) is 5.92 Å². The molecule has 5 nitrogen and oxygen atoms in total. The number of aryl methyl sites for hydroxylation is 2. The van der Waals surface area contributed by atoms with Crippen LogP contribution in [0.3, 0.4) is 0 Å². The van der Waals surface area contributed by atoms with Crippen molar-refractivity contribution in [3.8, 4) is 0 Å². The molecule has 1 heterocycles. The van der Waals surface area contributed by atoms with Crippen LogP contribution in [0.5, 0.6) is 0 Å². The minimum absolute atomic E-state index is 0.187. The third-order valence-electron chi connectivity index (χ3n) is 5.69. The third kappa shape index (κ3) is 5.88. The van der Waals surface area contributed by atoms with E-state index in [1.165, 1.54) is 17.5 Å². The Kier molecular flexibility index (Phi) is 7.26. The Morgan fingerprint density at radius 2 is 1.72 bits per heavy atom. The fraction of sp³-hybridized carbons (Fsp3) is 0.652. The van der Waals surface area contributed by atoms with Gasteiger partial charge in [0.2, 0.25) is 0 Å². The molecule has 0 unspecified atom stereocenters. The first-order valence-electron chi connectivity index (χ1n) is 10.3. The summed E-state index contributed by atoms with van der Waals surface area (Å²) in [4.78, 5) is 23.8. The maximum Gasteiger partial charge on any atom is 0.410 e. The average Bonchev–Trinajstić information content (AvgIpc) is 2.92. The molecule has 0 radical (unpaired) electrons. The minimum atomic E-state index is -0.741. The van der Waals surface area contributed by atoms with E-state index in [1.54, 1.807) is 13.8 Å². The van der Waals surface area contributed by atoms with E-state index in [9.17, 15) is 9.59 Å². The summed E-state index contributed by atoms with van der Waals surface area (Å²) in [7, 11) is 0. The summed E-state index contributed by atoms with van der Waals surface area (Å²) >= 11 is 6.36. The fourth-order valence-electron chi connectivity index (χ4n) is 3.91. The van der Waals surface area contributed by atoms with E-state index in [1.807, 2.05) is 25.7 Å². The fourth-order valence-corrected chi connectivity index (χ4v) is 4.08. The van der Waals surface area contributed by atoms with Crippen molar-refractivity contribution < 1.29 is 19.4 Å². The zero-order valence-corrected chi connectivity index (χ0v) is 19.2. The number of carbonyl (C=O) groups excluding carboxylic acids is 1. The molecule has 1 aromatic rings. The van der Waals surface area contributed by atoms with Gasteiger partial charge in [-0.15, -0.1) is 0 Å². The standard InChI is InChI=1S/C19H26ClNO2.C4H8O2/c1-13-11-14-5-6-19(15(14)12-16(13)20)7-9-21(10-8-19)17(22)23-18(2,3)4;1-3(2)4(5)6/h11-12H,5-10H2,1-4H3;3H,1-2H3,(H,5,6). The number of likely N-dealkylation sites (tertiary alicyclic amines) is 1. The Bertz CT molecular complexity index is 759. The first kappa shape index (κ1) is 23.5. The van der Waals surface area contributed by atoms with Crippen LogP contribution in [0.25, 0.3) is 0 Å². The topological polar surface area (TPSA) is 66.8 Å². The van der Waals surface area contributed by atoms with Gasteiger partial charge in [-0.2, -0.15) is 0 Å². The second-order valence-electron chi connectivity index (χ2n) is 9.50. The second-order valence-corrected chi connectivity index (χ2v) is 9.91. The number of halogens is 1. The number of carbonyl (C=O) groups is 2. The summed E-state index contributed by atoms with van der Waals surface area (Å²) in [5.74, 6) is -0.972. The van der Waals surface area contributed by atoms with E-state index < -0.39 is 11.6 Å². The highest BCUT2D eigenvalue weighted by molar-refractivity contribution is 6.31. The van der Waals surface area contributed by atoms with E-state index >= 15 is 0 Å². The highest BCUT2D eigenvalue weighted by Gasteiger charge is 2.42. The van der Waals surface area contributed by atoms with Crippen molar-refractivity contribution in [3.63, 3.8) is 0 Å². The highest BCUT2D eigenvalue weighted by atomic mass is 35.5. The Morgan fingerprint density at radius 3 is 2.21 bits per heavy atom. The minimum Gasteiger partial charge on any atom is -0.481 e. The number of aliphatic carboxylic acids is 1. The molecule has 1 saturated heterocycles. The third-order valence-corrected chi connectivity index (χ3v) is 6.10. The molecule has 1 spiro atoms. The molecule has 1 aliphatic carbocycles. The average molecular weight is 424 g/mol. The number of carboxylic acid groups (broad SMARTS) is 1. The molecule has 1 amide bonds. The van der Waals surface area contributed by atoms with Crippen LogP contribution in [0.2, 0.25) is 5.02 Å². The lowest BCUT2D eigenvalue weighted by atomic mass is 9.74. The largest absolute Gasteiger partial charge is 0.481 e. The van der Waals surface area contributed by atoms with Gasteiger partial charge in [0.1, 0.15) is 5.60 Å². The van der Waals surface area contributed by atoms with Crippen LogP contribution >= 0.6 is 11.6 Å². The second kappa shape index (κ2) is 8.95. The number of carboxylic acids is 1. The number of ether oxygens (including phenoxy) is 1. The summed E-state index contributed by atoms with van der Waals surface area (Å²) in [6.45, 7) is 12.6. The van der Waals surface area contributed by atoms with Crippen LogP contribution < -0.4 is 0 Å². The Labute approximate surface area is 179 Å². The van der Waals surface area contributed by atoms with E-state index in [0.717, 1.165) is 42.9 Å². The Morgan fingerprint density at radius 1 is 1.17 bits per heavy atom. The summed E-state index contributed by atoms with van der Waals surface area (Å²) in [6, 6.07) is 4.41. The number of fused-ring (bicyclic) bond motifs is 2. The lowest BCUT2D eigenvalue weighted by Gasteiger charge is -2.40. The number of benzene rings is 1. The Hall–Kier alpha value is -1.75. The molecule has 29 heavy (non-hydrogen) atoms. The van der Waals surface area contributed by atoms with Gasteiger partial charge in [-0.3, -0.25) is 4.79 Å². The zero-order valence-electron chi connectivity index (χ0n) is 18.5. The first-order chi connectivity index (χ1) is 13.3. The molecule has 1 aliphatic heterocycles. The molecule has 0 saturated carbocycles. The highest BCUT2D eigenvalue weighted by Crippen LogP contribution is 2.47. The summed E-state index contributed by atoms with van der Waals surface area (Å²) in [5, 5.41) is 8.85. The van der Waals surface area contributed by atoms with Gasteiger partial charge in [0.25, 0.3) is 0 Å². The molecular weight excluding hydrogens is 390 g/mol. The predicted molar refractivity (Wildman–Crippen MR) is 116 cm³/mol. The SMILES string of the molecule is CC(C)C(=O)O.Cc1cc2c(cc1Cl)C1(CC2)CCN(C(=O)OC(C)(C)C)CC1. The van der Waals surface area contributed by atoms with Crippen LogP contribution in [-0.2, 0) is 21.4 Å². The van der Waals surface area contributed by atoms with Gasteiger partial charge in [-0.1, -0.05) is 31.5 Å². The molecule has 1 aromatic carbocycles. The summed E-state index contributed by atoms with van der Waals surface area (Å²) in [6.07, 6.45) is 4.11. The number of hydrogen-bond acceptors (Lipinski definition) is 3. The number of hydrogen-bond donors (Lipinski definition) is 1. The monoisotopic (exact) mass is 423 g/mol. The molecule has 162 valence electrons. The Balaban J connectivity index is 0.000000438. The van der Waals surface area contributed by atoms with E-state index in [-0.39, 0.29) is 17.4 Å². The van der Waals surface area contributed by atoms with E-state index in [0.29, 0.717) is 0 Å². The van der Waals surface area contributed by atoms with Crippen LogP contribution in [0.15, 0.2) is 12.1 Å². The molecular formula is C23H34ClNO4. The van der Waals surface area contributed by atoms with Crippen LogP contribution in [0.1, 0.15) is 70.6 Å². The van der Waals surface area contributed by atoms with Crippen LogP contribution in [0.4, 0.5) is 4.79 Å². The maximum atomic E-state index is 12.2. The summed E-state index contributed by atoms with van der Waals surface area (Å²) < 4.78 is 5.50. The normalized spacial score (nSPS) is 17.6. The van der Waals surface area contributed by atoms with Crippen molar-refractivity contribution in [2.45, 2.75) is 78.2 Å². The maximum absolute atomic E-state index is 12.2. The van der Waals surface area contributed by atoms with Gasteiger partial charge in [-0.05, 0) is 81.5 Å². The van der Waals surface area contributed by atoms with Crippen LogP contribution in [0, 0.1) is 12.8 Å². The molecule has 0 atom stereocenters. The first-order valence-corrected chi connectivity index (χ1v) is 10.7. The van der Waals surface area contributed by atoms with E-state index in [2.05, 4.69) is 19.1 Å². The molecule has 1 N–H and O–H groups in total. The molecule has 2 aliphatic rings.